The van der Waals surface area contributed by atoms with E-state index in [1.165, 1.54) is 12.7 Å². The standard InChI is InChI=1S/C22H30N4O3S/c1-14-5-6-17-15(2)23-22(25-19(17)13-14)26-10-7-16(8-11-26)20(27)24-18(9-12-30-4)21(28)29-3/h5-6,13,16,18H,7-12H2,1-4H3,(H,24,27). The molecule has 0 radical (unpaired) electrons. The normalized spacial score (nSPS) is 15.8. The Morgan fingerprint density at radius 3 is 2.67 bits per heavy atom. The van der Waals surface area contributed by atoms with Crippen LogP contribution in [0, 0.1) is 19.8 Å². The molecule has 1 fully saturated rings. The summed E-state index contributed by atoms with van der Waals surface area (Å²) in [6.07, 6.45) is 3.96. The van der Waals surface area contributed by atoms with Gasteiger partial charge in [0.05, 0.1) is 18.3 Å². The van der Waals surface area contributed by atoms with E-state index in [1.807, 2.05) is 13.2 Å². The van der Waals surface area contributed by atoms with Crippen LogP contribution in [0.3, 0.4) is 0 Å². The third kappa shape index (κ3) is 5.22. The van der Waals surface area contributed by atoms with Crippen molar-refractivity contribution in [3.05, 3.63) is 29.5 Å². The Labute approximate surface area is 182 Å². The minimum atomic E-state index is -0.581. The van der Waals surface area contributed by atoms with Gasteiger partial charge >= 0.3 is 5.97 Å². The van der Waals surface area contributed by atoms with Gasteiger partial charge in [0, 0.05) is 24.4 Å². The number of rotatable bonds is 7. The average molecular weight is 431 g/mol. The molecule has 1 amide bonds. The molecule has 1 unspecified atom stereocenters. The van der Waals surface area contributed by atoms with Crippen molar-refractivity contribution in [2.45, 2.75) is 39.2 Å². The van der Waals surface area contributed by atoms with Crippen LogP contribution in [0.1, 0.15) is 30.5 Å². The van der Waals surface area contributed by atoms with Crippen molar-refractivity contribution < 1.29 is 14.3 Å². The van der Waals surface area contributed by atoms with Gasteiger partial charge < -0.3 is 15.0 Å². The second-order valence-corrected chi connectivity index (χ2v) is 8.74. The van der Waals surface area contributed by atoms with Gasteiger partial charge in [-0.15, -0.1) is 0 Å². The molecule has 0 aliphatic carbocycles. The maximum Gasteiger partial charge on any atom is 0.328 e. The van der Waals surface area contributed by atoms with Gasteiger partial charge in [-0.2, -0.15) is 11.8 Å². The largest absolute Gasteiger partial charge is 0.467 e. The number of nitrogens with zero attached hydrogens (tertiary/aromatic N) is 3. The number of carbonyl (C=O) groups excluding carboxylic acids is 2. The Hall–Kier alpha value is -2.35. The number of hydrogen-bond acceptors (Lipinski definition) is 7. The molecule has 1 atom stereocenters. The fraction of sp³-hybridized carbons (Fsp3) is 0.545. The number of ether oxygens (including phenoxy) is 1. The van der Waals surface area contributed by atoms with Gasteiger partial charge in [0.2, 0.25) is 11.9 Å². The van der Waals surface area contributed by atoms with Crippen molar-refractivity contribution in [2.24, 2.45) is 5.92 Å². The molecule has 1 aliphatic heterocycles. The zero-order chi connectivity index (χ0) is 21.7. The Bertz CT molecular complexity index is 913. The Morgan fingerprint density at radius 1 is 1.27 bits per heavy atom. The van der Waals surface area contributed by atoms with Crippen LogP contribution in [-0.2, 0) is 14.3 Å². The Morgan fingerprint density at radius 2 is 2.00 bits per heavy atom. The Balaban J connectivity index is 1.63. The van der Waals surface area contributed by atoms with E-state index in [1.54, 1.807) is 11.8 Å². The third-order valence-corrected chi connectivity index (χ3v) is 6.24. The summed E-state index contributed by atoms with van der Waals surface area (Å²) in [4.78, 5) is 36.3. The fourth-order valence-corrected chi connectivity index (χ4v) is 4.25. The topological polar surface area (TPSA) is 84.4 Å². The summed E-state index contributed by atoms with van der Waals surface area (Å²) in [5.41, 5.74) is 3.08. The van der Waals surface area contributed by atoms with Crippen LogP contribution < -0.4 is 10.2 Å². The van der Waals surface area contributed by atoms with E-state index in [2.05, 4.69) is 35.3 Å². The molecule has 0 saturated carbocycles. The van der Waals surface area contributed by atoms with Gasteiger partial charge in [0.1, 0.15) is 6.04 Å². The number of hydrogen-bond donors (Lipinski definition) is 1. The van der Waals surface area contributed by atoms with E-state index in [4.69, 9.17) is 14.7 Å². The minimum Gasteiger partial charge on any atom is -0.467 e. The zero-order valence-corrected chi connectivity index (χ0v) is 18.9. The number of amides is 1. The lowest BCUT2D eigenvalue weighted by Gasteiger charge is -2.32. The number of anilines is 1. The number of esters is 1. The predicted molar refractivity (Wildman–Crippen MR) is 121 cm³/mol. The molecule has 2 heterocycles. The van der Waals surface area contributed by atoms with E-state index >= 15 is 0 Å². The number of aromatic nitrogens is 2. The molecule has 3 rings (SSSR count). The molecular formula is C22H30N4O3S. The van der Waals surface area contributed by atoms with Crippen molar-refractivity contribution in [1.29, 1.82) is 0 Å². The van der Waals surface area contributed by atoms with E-state index in [-0.39, 0.29) is 17.8 Å². The number of thioether (sulfide) groups is 1. The van der Waals surface area contributed by atoms with E-state index < -0.39 is 6.04 Å². The minimum absolute atomic E-state index is 0.0719. The number of piperidine rings is 1. The van der Waals surface area contributed by atoms with Crippen LogP contribution >= 0.6 is 11.8 Å². The number of carbonyl (C=O) groups is 2. The molecule has 2 aromatic rings. The van der Waals surface area contributed by atoms with Gasteiger partial charge in [0.15, 0.2) is 0 Å². The quantitative estimate of drug-likeness (QED) is 0.676. The summed E-state index contributed by atoms with van der Waals surface area (Å²) in [5.74, 6) is 0.933. The summed E-state index contributed by atoms with van der Waals surface area (Å²) >= 11 is 1.64. The summed E-state index contributed by atoms with van der Waals surface area (Å²) in [5, 5.41) is 3.96. The molecule has 1 aromatic heterocycles. The average Bonchev–Trinajstić information content (AvgIpc) is 2.75. The van der Waals surface area contributed by atoms with Gasteiger partial charge in [-0.3, -0.25) is 4.79 Å². The van der Waals surface area contributed by atoms with E-state index in [0.29, 0.717) is 32.4 Å². The number of benzene rings is 1. The van der Waals surface area contributed by atoms with Crippen LogP contribution in [0.25, 0.3) is 10.9 Å². The maximum atomic E-state index is 12.7. The zero-order valence-electron chi connectivity index (χ0n) is 18.1. The highest BCUT2D eigenvalue weighted by Gasteiger charge is 2.29. The molecule has 0 spiro atoms. The fourth-order valence-electron chi connectivity index (χ4n) is 3.78. The summed E-state index contributed by atoms with van der Waals surface area (Å²) in [6, 6.07) is 5.64. The monoisotopic (exact) mass is 430 g/mol. The molecule has 1 saturated heterocycles. The second-order valence-electron chi connectivity index (χ2n) is 7.76. The first-order valence-corrected chi connectivity index (χ1v) is 11.7. The van der Waals surface area contributed by atoms with Crippen LogP contribution in [0.2, 0.25) is 0 Å². The number of fused-ring (bicyclic) bond motifs is 1. The summed E-state index contributed by atoms with van der Waals surface area (Å²) in [6.45, 7) is 5.48. The highest BCUT2D eigenvalue weighted by molar-refractivity contribution is 7.98. The van der Waals surface area contributed by atoms with Gasteiger partial charge in [-0.25, -0.2) is 14.8 Å². The van der Waals surface area contributed by atoms with Crippen molar-refractivity contribution in [2.75, 3.05) is 37.1 Å². The highest BCUT2D eigenvalue weighted by atomic mass is 32.2. The SMILES string of the molecule is COC(=O)C(CCSC)NC(=O)C1CCN(c2nc(C)c3ccc(C)cc3n2)CC1. The summed E-state index contributed by atoms with van der Waals surface area (Å²) in [7, 11) is 1.35. The van der Waals surface area contributed by atoms with E-state index in [0.717, 1.165) is 28.3 Å². The highest BCUT2D eigenvalue weighted by Crippen LogP contribution is 2.25. The second kappa shape index (κ2) is 10.1. The van der Waals surface area contributed by atoms with Crippen molar-refractivity contribution >= 4 is 40.5 Å². The van der Waals surface area contributed by atoms with Crippen LogP contribution in [0.15, 0.2) is 18.2 Å². The van der Waals surface area contributed by atoms with Crippen molar-refractivity contribution in [1.82, 2.24) is 15.3 Å². The smallest absolute Gasteiger partial charge is 0.328 e. The van der Waals surface area contributed by atoms with Gasteiger partial charge in [-0.1, -0.05) is 12.1 Å². The van der Waals surface area contributed by atoms with Crippen molar-refractivity contribution in [3.63, 3.8) is 0 Å². The van der Waals surface area contributed by atoms with Crippen LogP contribution in [-0.4, -0.2) is 60.1 Å². The molecule has 1 aliphatic rings. The lowest BCUT2D eigenvalue weighted by molar-refractivity contribution is -0.145. The van der Waals surface area contributed by atoms with E-state index in [9.17, 15) is 9.59 Å². The van der Waals surface area contributed by atoms with Gasteiger partial charge in [-0.05, 0) is 56.7 Å². The molecule has 30 heavy (non-hydrogen) atoms. The van der Waals surface area contributed by atoms with Gasteiger partial charge in [0.25, 0.3) is 0 Å². The molecule has 0 bridgehead atoms. The first-order valence-electron chi connectivity index (χ1n) is 10.3. The number of aryl methyl sites for hydroxylation is 2. The number of nitrogens with one attached hydrogen (secondary N) is 1. The number of methoxy groups -OCH3 is 1. The molecule has 1 aromatic carbocycles. The molecule has 1 N–H and O–H groups in total. The first kappa shape index (κ1) is 22.3. The van der Waals surface area contributed by atoms with Crippen LogP contribution in [0.4, 0.5) is 5.95 Å². The first-order chi connectivity index (χ1) is 14.4. The summed E-state index contributed by atoms with van der Waals surface area (Å²) < 4.78 is 4.84. The molecule has 162 valence electrons. The maximum absolute atomic E-state index is 12.7. The van der Waals surface area contributed by atoms with Crippen LogP contribution in [0.5, 0.6) is 0 Å². The molecule has 8 heteroatoms. The molecule has 7 nitrogen and oxygen atoms in total. The lowest BCUT2D eigenvalue weighted by Crippen LogP contribution is -2.47. The lowest BCUT2D eigenvalue weighted by atomic mass is 9.95. The third-order valence-electron chi connectivity index (χ3n) is 5.59. The van der Waals surface area contributed by atoms with Crippen molar-refractivity contribution in [3.8, 4) is 0 Å². The predicted octanol–water partition coefficient (Wildman–Crippen LogP) is 2.87. The molecular weight excluding hydrogens is 400 g/mol. The Kier molecular flexibility index (Phi) is 7.53.